The van der Waals surface area contributed by atoms with Crippen LogP contribution < -0.4 is 4.74 Å². The van der Waals surface area contributed by atoms with Crippen molar-refractivity contribution >= 4 is 5.91 Å². The molecule has 0 unspecified atom stereocenters. The molecule has 0 saturated heterocycles. The monoisotopic (exact) mass is 455 g/mol. The van der Waals surface area contributed by atoms with Crippen molar-refractivity contribution in [2.45, 2.75) is 57.8 Å². The van der Waals surface area contributed by atoms with Crippen LogP contribution in [0.5, 0.6) is 5.75 Å². The first-order chi connectivity index (χ1) is 15.8. The third-order valence-electron chi connectivity index (χ3n) is 6.07. The van der Waals surface area contributed by atoms with Crippen molar-refractivity contribution in [3.8, 4) is 5.75 Å². The van der Waals surface area contributed by atoms with Crippen LogP contribution in [0.1, 0.15) is 52.7 Å². The molecule has 1 aromatic carbocycles. The summed E-state index contributed by atoms with van der Waals surface area (Å²) in [5.41, 5.74) is 3.88. The van der Waals surface area contributed by atoms with Gasteiger partial charge in [-0.15, -0.1) is 0 Å². The second-order valence-corrected chi connectivity index (χ2v) is 9.21. The van der Waals surface area contributed by atoms with Crippen LogP contribution in [-0.4, -0.2) is 76.9 Å². The number of ether oxygens (including phenoxy) is 1. The Morgan fingerprint density at radius 2 is 1.94 bits per heavy atom. The van der Waals surface area contributed by atoms with Gasteiger partial charge in [-0.1, -0.05) is 12.5 Å². The molecule has 3 rings (SSSR count). The Hall–Kier alpha value is -2.48. The Balaban J connectivity index is 1.72. The van der Waals surface area contributed by atoms with Gasteiger partial charge in [-0.25, -0.2) is 0 Å². The van der Waals surface area contributed by atoms with Gasteiger partial charge >= 0.3 is 0 Å². The maximum absolute atomic E-state index is 12.4. The lowest BCUT2D eigenvalue weighted by atomic mass is 10.0. The van der Waals surface area contributed by atoms with Crippen LogP contribution in [0, 0.1) is 6.92 Å². The van der Waals surface area contributed by atoms with Gasteiger partial charge in [0, 0.05) is 45.1 Å². The molecule has 180 valence electrons. The molecule has 7 heteroatoms. The number of benzene rings is 1. The van der Waals surface area contributed by atoms with Crippen molar-refractivity contribution in [2.75, 3.05) is 33.8 Å². The highest BCUT2D eigenvalue weighted by Crippen LogP contribution is 2.24. The van der Waals surface area contributed by atoms with Crippen molar-refractivity contribution in [3.63, 3.8) is 0 Å². The smallest absolute Gasteiger partial charge is 0.253 e. The van der Waals surface area contributed by atoms with Crippen LogP contribution in [0.3, 0.4) is 0 Å². The number of aliphatic hydroxyl groups excluding tert-OH is 2. The molecule has 1 aliphatic rings. The lowest BCUT2D eigenvalue weighted by Gasteiger charge is -2.26. The Morgan fingerprint density at radius 3 is 2.70 bits per heavy atom. The predicted octanol–water partition coefficient (Wildman–Crippen LogP) is 2.81. The molecular formula is C26H37N3O4. The highest BCUT2D eigenvalue weighted by atomic mass is 16.5. The van der Waals surface area contributed by atoms with Crippen LogP contribution in [-0.2, 0) is 13.0 Å². The average molecular weight is 456 g/mol. The number of aryl methyl sites for hydroxylation is 2. The van der Waals surface area contributed by atoms with Crippen molar-refractivity contribution < 1.29 is 19.7 Å². The Morgan fingerprint density at radius 1 is 1.12 bits per heavy atom. The van der Waals surface area contributed by atoms with Crippen LogP contribution in [0.25, 0.3) is 0 Å². The van der Waals surface area contributed by atoms with Gasteiger partial charge in [-0.3, -0.25) is 14.7 Å². The number of aliphatic hydroxyl groups is 2. The average Bonchev–Trinajstić information content (AvgIpc) is 2.79. The van der Waals surface area contributed by atoms with E-state index in [4.69, 9.17) is 4.74 Å². The molecule has 0 radical (unpaired) electrons. The van der Waals surface area contributed by atoms with Gasteiger partial charge < -0.3 is 19.8 Å². The number of carbonyl (C=O) groups excluding carboxylic acids is 1. The molecule has 2 atom stereocenters. The fourth-order valence-corrected chi connectivity index (χ4v) is 4.16. The molecule has 7 nitrogen and oxygen atoms in total. The Bertz CT molecular complexity index is 918. The van der Waals surface area contributed by atoms with E-state index in [0.717, 1.165) is 55.5 Å². The molecule has 2 aromatic rings. The zero-order chi connectivity index (χ0) is 23.8. The van der Waals surface area contributed by atoms with Crippen molar-refractivity contribution in [3.05, 3.63) is 58.9 Å². The number of amides is 1. The number of hydrogen-bond donors (Lipinski definition) is 2. The van der Waals surface area contributed by atoms with E-state index in [1.54, 1.807) is 31.1 Å². The number of aromatic nitrogens is 1. The lowest BCUT2D eigenvalue weighted by Crippen LogP contribution is -2.36. The van der Waals surface area contributed by atoms with Gasteiger partial charge in [0.1, 0.15) is 18.5 Å². The van der Waals surface area contributed by atoms with Crippen LogP contribution in [0.2, 0.25) is 0 Å². The topological polar surface area (TPSA) is 86.1 Å². The summed E-state index contributed by atoms with van der Waals surface area (Å²) < 4.78 is 5.89. The molecule has 1 aromatic heterocycles. The zero-order valence-electron chi connectivity index (χ0n) is 20.0. The SMILES string of the molecule is Cc1cncc(CN2CCCCCc3cc(C(=O)N(C)C)ccc3OC[C@@H](O)[C@@H](O)CC2)c1. The molecule has 33 heavy (non-hydrogen) atoms. The summed E-state index contributed by atoms with van der Waals surface area (Å²) in [5, 5.41) is 21.0. The second-order valence-electron chi connectivity index (χ2n) is 9.21. The highest BCUT2D eigenvalue weighted by Gasteiger charge is 2.20. The van der Waals surface area contributed by atoms with E-state index in [-0.39, 0.29) is 12.5 Å². The van der Waals surface area contributed by atoms with E-state index in [0.29, 0.717) is 24.3 Å². The molecule has 1 amide bonds. The highest BCUT2D eigenvalue weighted by molar-refractivity contribution is 5.94. The number of fused-ring (bicyclic) bond motifs is 1. The number of pyridine rings is 1. The molecule has 0 aliphatic carbocycles. The minimum Gasteiger partial charge on any atom is -0.491 e. The van der Waals surface area contributed by atoms with Crippen LogP contribution >= 0.6 is 0 Å². The summed E-state index contributed by atoms with van der Waals surface area (Å²) in [6.45, 7) is 4.43. The fourth-order valence-electron chi connectivity index (χ4n) is 4.16. The standard InChI is InChI=1S/C26H37N3O4/c1-19-13-20(16-27-15-19)17-29-11-6-4-5-7-21-14-22(26(32)28(2)3)8-9-25(21)33-18-24(31)23(30)10-12-29/h8-9,13-16,23-24,30-31H,4-7,10-12,17-18H2,1-3H3/t23-,24+/m0/s1. The van der Waals surface area contributed by atoms with Gasteiger partial charge in [-0.05, 0) is 74.0 Å². The first kappa shape index (κ1) is 25.1. The molecule has 0 fully saturated rings. The van der Waals surface area contributed by atoms with Gasteiger partial charge in [-0.2, -0.15) is 0 Å². The quantitative estimate of drug-likeness (QED) is 0.740. The summed E-state index contributed by atoms with van der Waals surface area (Å²) in [4.78, 5) is 20.6. The zero-order valence-corrected chi connectivity index (χ0v) is 20.0. The number of hydrogen-bond acceptors (Lipinski definition) is 6. The third kappa shape index (κ3) is 7.52. The minimum atomic E-state index is -0.980. The number of carbonyl (C=O) groups is 1. The van der Waals surface area contributed by atoms with Crippen molar-refractivity contribution in [1.29, 1.82) is 0 Å². The number of nitrogens with zero attached hydrogens (tertiary/aromatic N) is 3. The summed E-state index contributed by atoms with van der Waals surface area (Å²) in [6.07, 6.45) is 6.22. The fraction of sp³-hybridized carbons (Fsp3) is 0.538. The summed E-state index contributed by atoms with van der Waals surface area (Å²) >= 11 is 0. The first-order valence-electron chi connectivity index (χ1n) is 11.8. The first-order valence-corrected chi connectivity index (χ1v) is 11.8. The van der Waals surface area contributed by atoms with E-state index in [2.05, 4.69) is 16.0 Å². The maximum Gasteiger partial charge on any atom is 0.253 e. The van der Waals surface area contributed by atoms with Gasteiger partial charge in [0.2, 0.25) is 0 Å². The Labute approximate surface area is 197 Å². The van der Waals surface area contributed by atoms with E-state index in [1.807, 2.05) is 25.4 Å². The van der Waals surface area contributed by atoms with Gasteiger partial charge in [0.25, 0.3) is 5.91 Å². The normalized spacial score (nSPS) is 20.9. The summed E-state index contributed by atoms with van der Waals surface area (Å²) in [6, 6.07) is 7.59. The molecule has 0 saturated carbocycles. The predicted molar refractivity (Wildman–Crippen MR) is 128 cm³/mol. The van der Waals surface area contributed by atoms with Crippen molar-refractivity contribution in [2.24, 2.45) is 0 Å². The maximum atomic E-state index is 12.4. The van der Waals surface area contributed by atoms with Gasteiger partial charge in [0.05, 0.1) is 6.10 Å². The van der Waals surface area contributed by atoms with Crippen molar-refractivity contribution in [1.82, 2.24) is 14.8 Å². The molecule has 2 heterocycles. The summed E-state index contributed by atoms with van der Waals surface area (Å²) in [7, 11) is 3.47. The molecular weight excluding hydrogens is 418 g/mol. The van der Waals surface area contributed by atoms with E-state index in [1.165, 1.54) is 0 Å². The van der Waals surface area contributed by atoms with Crippen LogP contribution in [0.15, 0.2) is 36.7 Å². The second kappa shape index (κ2) is 12.1. The Kier molecular flexibility index (Phi) is 9.23. The molecule has 0 bridgehead atoms. The van der Waals surface area contributed by atoms with Crippen LogP contribution in [0.4, 0.5) is 0 Å². The third-order valence-corrected chi connectivity index (χ3v) is 6.07. The minimum absolute atomic E-state index is 0.0109. The molecule has 1 aliphatic heterocycles. The molecule has 2 N–H and O–H groups in total. The van der Waals surface area contributed by atoms with E-state index >= 15 is 0 Å². The summed E-state index contributed by atoms with van der Waals surface area (Å²) in [5.74, 6) is 0.621. The lowest BCUT2D eigenvalue weighted by molar-refractivity contribution is -0.0163. The largest absolute Gasteiger partial charge is 0.491 e. The van der Waals surface area contributed by atoms with Gasteiger partial charge in [0.15, 0.2) is 0 Å². The van der Waals surface area contributed by atoms with E-state index in [9.17, 15) is 15.0 Å². The number of rotatable bonds is 3. The van der Waals surface area contributed by atoms with E-state index < -0.39 is 12.2 Å². The molecule has 0 spiro atoms.